The summed E-state index contributed by atoms with van der Waals surface area (Å²) in [4.78, 5) is 8.69. The molecule has 0 spiro atoms. The Morgan fingerprint density at radius 2 is 2.04 bits per heavy atom. The van der Waals surface area contributed by atoms with Gasteiger partial charge in [0.25, 0.3) is 0 Å². The second-order valence-corrected chi connectivity index (χ2v) is 6.42. The van der Waals surface area contributed by atoms with E-state index in [1.807, 2.05) is 55.2 Å². The summed E-state index contributed by atoms with van der Waals surface area (Å²) in [6.07, 6.45) is 6.92. The van der Waals surface area contributed by atoms with E-state index in [1.165, 1.54) is 6.33 Å². The topological polar surface area (TPSA) is 79.2 Å². The van der Waals surface area contributed by atoms with E-state index in [1.54, 1.807) is 15.7 Å². The minimum atomic E-state index is -0.114. The number of hydrogen-bond acceptors (Lipinski definition) is 5. The Morgan fingerprint density at radius 3 is 2.73 bits per heavy atom. The first-order valence-electron chi connectivity index (χ1n) is 8.15. The predicted octanol–water partition coefficient (Wildman–Crippen LogP) is 2.67. The predicted molar refractivity (Wildman–Crippen MR) is 96.3 cm³/mol. The molecule has 0 aliphatic carbocycles. The first-order chi connectivity index (χ1) is 12.6. The van der Waals surface area contributed by atoms with Gasteiger partial charge in [0.2, 0.25) is 0 Å². The zero-order valence-corrected chi connectivity index (χ0v) is 15.1. The number of para-hydroxylation sites is 1. The van der Waals surface area contributed by atoms with E-state index in [4.69, 9.17) is 16.6 Å². The van der Waals surface area contributed by atoms with E-state index in [9.17, 15) is 0 Å². The Bertz CT molecular complexity index is 1020. The van der Waals surface area contributed by atoms with Gasteiger partial charge in [0.1, 0.15) is 25.2 Å². The van der Waals surface area contributed by atoms with Crippen LogP contribution in [0.15, 0.2) is 49.3 Å². The van der Waals surface area contributed by atoms with Crippen LogP contribution < -0.4 is 0 Å². The molecule has 0 saturated heterocycles. The van der Waals surface area contributed by atoms with Crippen molar-refractivity contribution in [1.82, 2.24) is 39.3 Å². The van der Waals surface area contributed by atoms with E-state index in [-0.39, 0.29) is 6.04 Å². The number of halogens is 1. The second-order valence-electron chi connectivity index (χ2n) is 6.02. The third-order valence-electron chi connectivity index (χ3n) is 4.03. The smallest absolute Gasteiger partial charge is 0.172 e. The highest BCUT2D eigenvalue weighted by atomic mass is 35.5. The number of nitrogens with zero attached hydrogens (tertiary/aromatic N) is 8. The van der Waals surface area contributed by atoms with Crippen molar-refractivity contribution in [2.75, 3.05) is 0 Å². The Morgan fingerprint density at radius 1 is 1.19 bits per heavy atom. The van der Waals surface area contributed by atoms with Gasteiger partial charge in [-0.1, -0.05) is 23.7 Å². The summed E-state index contributed by atoms with van der Waals surface area (Å²) in [6.45, 7) is 4.46. The summed E-state index contributed by atoms with van der Waals surface area (Å²) in [5, 5.41) is 13.8. The number of rotatable bonds is 5. The van der Waals surface area contributed by atoms with Crippen LogP contribution in [-0.4, -0.2) is 39.3 Å². The minimum absolute atomic E-state index is 0.114. The lowest BCUT2D eigenvalue weighted by molar-refractivity contribution is 0.523. The van der Waals surface area contributed by atoms with Crippen molar-refractivity contribution in [2.45, 2.75) is 26.4 Å². The molecule has 3 aromatic heterocycles. The molecule has 1 unspecified atom stereocenters. The van der Waals surface area contributed by atoms with Crippen LogP contribution in [0.1, 0.15) is 30.2 Å². The average molecular weight is 369 g/mol. The molecule has 0 aliphatic rings. The third-order valence-corrected chi connectivity index (χ3v) is 4.35. The highest BCUT2D eigenvalue weighted by Crippen LogP contribution is 2.24. The molecule has 0 saturated carbocycles. The molecule has 132 valence electrons. The molecule has 9 heteroatoms. The molecule has 0 aliphatic heterocycles. The monoisotopic (exact) mass is 368 g/mol. The van der Waals surface area contributed by atoms with Crippen molar-refractivity contribution in [2.24, 2.45) is 0 Å². The van der Waals surface area contributed by atoms with Gasteiger partial charge in [-0.2, -0.15) is 10.2 Å². The van der Waals surface area contributed by atoms with E-state index in [0.717, 1.165) is 17.1 Å². The van der Waals surface area contributed by atoms with Crippen molar-refractivity contribution in [1.29, 1.82) is 0 Å². The first-order valence-corrected chi connectivity index (χ1v) is 8.53. The maximum atomic E-state index is 6.40. The zero-order valence-electron chi connectivity index (χ0n) is 14.4. The fourth-order valence-electron chi connectivity index (χ4n) is 2.73. The van der Waals surface area contributed by atoms with Gasteiger partial charge in [-0.05, 0) is 31.5 Å². The molecule has 4 aromatic rings. The Balaban J connectivity index is 1.80. The van der Waals surface area contributed by atoms with Crippen LogP contribution >= 0.6 is 11.6 Å². The normalized spacial score (nSPS) is 12.4. The van der Waals surface area contributed by atoms with E-state index in [0.29, 0.717) is 17.4 Å². The summed E-state index contributed by atoms with van der Waals surface area (Å²) < 4.78 is 5.32. The molecule has 3 heterocycles. The molecule has 1 atom stereocenters. The van der Waals surface area contributed by atoms with Gasteiger partial charge >= 0.3 is 0 Å². The average Bonchev–Trinajstić information content (AvgIpc) is 3.36. The summed E-state index contributed by atoms with van der Waals surface area (Å²) in [5.41, 5.74) is 1.86. The fraction of sp³-hybridized carbons (Fsp3) is 0.235. The van der Waals surface area contributed by atoms with Crippen LogP contribution in [0.5, 0.6) is 0 Å². The van der Waals surface area contributed by atoms with Crippen LogP contribution in [0, 0.1) is 6.92 Å². The standard InChI is InChI=1S/C17H17ClN8/c1-12-7-20-25(8-12)13(2)17-22-16(9-24-11-19-10-21-24)23-26(17)15-6-4-3-5-14(15)18/h3-8,10-11,13H,9H2,1-2H3. The Hall–Kier alpha value is -3.00. The Kier molecular flexibility index (Phi) is 4.26. The highest BCUT2D eigenvalue weighted by Gasteiger charge is 2.21. The largest absolute Gasteiger partial charge is 0.262 e. The molecule has 0 bridgehead atoms. The molecular formula is C17H17ClN8. The molecule has 26 heavy (non-hydrogen) atoms. The summed E-state index contributed by atoms with van der Waals surface area (Å²) in [6, 6.07) is 7.45. The van der Waals surface area contributed by atoms with Crippen molar-refractivity contribution < 1.29 is 0 Å². The molecule has 0 N–H and O–H groups in total. The van der Waals surface area contributed by atoms with Gasteiger partial charge < -0.3 is 0 Å². The fourth-order valence-corrected chi connectivity index (χ4v) is 2.94. The number of hydrogen-bond donors (Lipinski definition) is 0. The molecule has 8 nitrogen and oxygen atoms in total. The van der Waals surface area contributed by atoms with E-state index >= 15 is 0 Å². The molecule has 0 amide bonds. The molecule has 1 aromatic carbocycles. The summed E-state index contributed by atoms with van der Waals surface area (Å²) in [5.74, 6) is 1.37. The van der Waals surface area contributed by atoms with Gasteiger partial charge in [-0.25, -0.2) is 19.3 Å². The van der Waals surface area contributed by atoms with Crippen LogP contribution in [0.25, 0.3) is 5.69 Å². The summed E-state index contributed by atoms with van der Waals surface area (Å²) in [7, 11) is 0. The van der Waals surface area contributed by atoms with Crippen LogP contribution in [-0.2, 0) is 6.54 Å². The lowest BCUT2D eigenvalue weighted by atomic mass is 10.3. The van der Waals surface area contributed by atoms with Crippen LogP contribution in [0.3, 0.4) is 0 Å². The summed E-state index contributed by atoms with van der Waals surface area (Å²) >= 11 is 6.40. The lowest BCUT2D eigenvalue weighted by Gasteiger charge is -2.14. The number of aryl methyl sites for hydroxylation is 1. The second kappa shape index (κ2) is 6.72. The maximum Gasteiger partial charge on any atom is 0.172 e. The highest BCUT2D eigenvalue weighted by molar-refractivity contribution is 6.32. The van der Waals surface area contributed by atoms with Crippen LogP contribution in [0.4, 0.5) is 0 Å². The van der Waals surface area contributed by atoms with Gasteiger partial charge in [-0.3, -0.25) is 4.68 Å². The lowest BCUT2D eigenvalue weighted by Crippen LogP contribution is -2.14. The third kappa shape index (κ3) is 3.11. The molecular weight excluding hydrogens is 352 g/mol. The molecule has 0 fully saturated rings. The van der Waals surface area contributed by atoms with Crippen molar-refractivity contribution in [3.8, 4) is 5.69 Å². The number of benzene rings is 1. The van der Waals surface area contributed by atoms with E-state index < -0.39 is 0 Å². The van der Waals surface area contributed by atoms with Crippen molar-refractivity contribution in [3.05, 3.63) is 71.5 Å². The quantitative estimate of drug-likeness (QED) is 0.541. The Labute approximate surface area is 155 Å². The van der Waals surface area contributed by atoms with Gasteiger partial charge in [-0.15, -0.1) is 5.10 Å². The minimum Gasteiger partial charge on any atom is -0.262 e. The van der Waals surface area contributed by atoms with Gasteiger partial charge in [0.15, 0.2) is 11.6 Å². The van der Waals surface area contributed by atoms with Crippen LogP contribution in [0.2, 0.25) is 5.02 Å². The van der Waals surface area contributed by atoms with Gasteiger partial charge in [0, 0.05) is 6.20 Å². The van der Waals surface area contributed by atoms with Gasteiger partial charge in [0.05, 0.1) is 16.9 Å². The molecule has 0 radical (unpaired) electrons. The van der Waals surface area contributed by atoms with Crippen molar-refractivity contribution in [3.63, 3.8) is 0 Å². The maximum absolute atomic E-state index is 6.40. The zero-order chi connectivity index (χ0) is 18.1. The first kappa shape index (κ1) is 16.5. The SMILES string of the molecule is Cc1cnn(C(C)c2nc(Cn3cncn3)nn2-c2ccccc2Cl)c1. The molecule has 4 rings (SSSR count). The number of aromatic nitrogens is 8. The van der Waals surface area contributed by atoms with E-state index in [2.05, 4.69) is 20.3 Å². The van der Waals surface area contributed by atoms with Crippen molar-refractivity contribution >= 4 is 11.6 Å².